The number of likely N-dealkylation sites (tertiary alicyclic amines) is 1. The molecular formula is C13H24N4O3S. The molecule has 1 N–H and O–H groups in total. The van der Waals surface area contributed by atoms with Gasteiger partial charge in [-0.2, -0.15) is 4.98 Å². The Labute approximate surface area is 126 Å². The highest BCUT2D eigenvalue weighted by Crippen LogP contribution is 2.19. The van der Waals surface area contributed by atoms with Crippen LogP contribution in [0.5, 0.6) is 0 Å². The highest BCUT2D eigenvalue weighted by Gasteiger charge is 2.25. The van der Waals surface area contributed by atoms with E-state index in [0.29, 0.717) is 24.8 Å². The average molecular weight is 316 g/mol. The molecule has 1 unspecified atom stereocenters. The third kappa shape index (κ3) is 5.05. The van der Waals surface area contributed by atoms with Gasteiger partial charge in [0.05, 0.1) is 12.8 Å². The van der Waals surface area contributed by atoms with Crippen LogP contribution < -0.4 is 4.72 Å². The molecule has 2 heterocycles. The summed E-state index contributed by atoms with van der Waals surface area (Å²) in [5, 5.41) is 3.97. The van der Waals surface area contributed by atoms with Crippen LogP contribution in [0.15, 0.2) is 4.52 Å². The molecular weight excluding hydrogens is 292 g/mol. The van der Waals surface area contributed by atoms with Gasteiger partial charge in [-0.25, -0.2) is 13.1 Å². The second kappa shape index (κ2) is 6.85. The standard InChI is InChI=1S/C13H24N4O3S/c1-10(2)13-15-12(20-16-13)9-17-7-5-4-6-11(17)8-14-21(3,18)19/h10-11,14H,4-9H2,1-3H3. The maximum Gasteiger partial charge on any atom is 0.240 e. The Bertz CT molecular complexity index is 556. The minimum absolute atomic E-state index is 0.183. The molecule has 1 atom stereocenters. The Hall–Kier alpha value is -0.990. The van der Waals surface area contributed by atoms with Gasteiger partial charge >= 0.3 is 0 Å². The van der Waals surface area contributed by atoms with E-state index < -0.39 is 10.0 Å². The van der Waals surface area contributed by atoms with Crippen molar-refractivity contribution in [1.29, 1.82) is 0 Å². The van der Waals surface area contributed by atoms with Crippen LogP contribution in [0.4, 0.5) is 0 Å². The van der Waals surface area contributed by atoms with Crippen molar-refractivity contribution in [2.75, 3.05) is 19.3 Å². The molecule has 0 spiro atoms. The quantitative estimate of drug-likeness (QED) is 0.845. The highest BCUT2D eigenvalue weighted by atomic mass is 32.2. The van der Waals surface area contributed by atoms with E-state index in [9.17, 15) is 8.42 Å². The number of hydrogen-bond donors (Lipinski definition) is 1. The summed E-state index contributed by atoms with van der Waals surface area (Å²) in [4.78, 5) is 6.61. The molecule has 21 heavy (non-hydrogen) atoms. The molecule has 120 valence electrons. The first kappa shape index (κ1) is 16.4. The fourth-order valence-corrected chi connectivity index (χ4v) is 2.98. The van der Waals surface area contributed by atoms with E-state index in [2.05, 4.69) is 19.8 Å². The summed E-state index contributed by atoms with van der Waals surface area (Å²) in [6, 6.07) is 0.183. The van der Waals surface area contributed by atoms with Crippen LogP contribution >= 0.6 is 0 Å². The van der Waals surface area contributed by atoms with Gasteiger partial charge in [-0.1, -0.05) is 25.4 Å². The first-order chi connectivity index (χ1) is 9.85. The van der Waals surface area contributed by atoms with E-state index in [4.69, 9.17) is 4.52 Å². The van der Waals surface area contributed by atoms with Crippen molar-refractivity contribution < 1.29 is 12.9 Å². The predicted octanol–water partition coefficient (Wildman–Crippen LogP) is 1.10. The third-order valence-corrected chi connectivity index (χ3v) is 4.36. The van der Waals surface area contributed by atoms with Crippen molar-refractivity contribution in [1.82, 2.24) is 19.8 Å². The van der Waals surface area contributed by atoms with E-state index in [-0.39, 0.29) is 12.0 Å². The predicted molar refractivity (Wildman–Crippen MR) is 79.3 cm³/mol. The van der Waals surface area contributed by atoms with Gasteiger partial charge in [0.2, 0.25) is 15.9 Å². The third-order valence-electron chi connectivity index (χ3n) is 3.67. The van der Waals surface area contributed by atoms with Gasteiger partial charge in [0.25, 0.3) is 0 Å². The number of rotatable bonds is 6. The molecule has 8 heteroatoms. The lowest BCUT2D eigenvalue weighted by Crippen LogP contribution is -2.46. The fourth-order valence-electron chi connectivity index (χ4n) is 2.49. The molecule has 2 rings (SSSR count). The van der Waals surface area contributed by atoms with Crippen molar-refractivity contribution in [2.24, 2.45) is 0 Å². The Morgan fingerprint density at radius 3 is 2.81 bits per heavy atom. The van der Waals surface area contributed by atoms with Gasteiger partial charge in [0.15, 0.2) is 5.82 Å². The van der Waals surface area contributed by atoms with Crippen LogP contribution in [-0.2, 0) is 16.6 Å². The number of nitrogens with zero attached hydrogens (tertiary/aromatic N) is 3. The van der Waals surface area contributed by atoms with Crippen molar-refractivity contribution >= 4 is 10.0 Å². The monoisotopic (exact) mass is 316 g/mol. The van der Waals surface area contributed by atoms with Crippen LogP contribution in [0.25, 0.3) is 0 Å². The summed E-state index contributed by atoms with van der Waals surface area (Å²) in [7, 11) is -3.15. The summed E-state index contributed by atoms with van der Waals surface area (Å²) in [5.41, 5.74) is 0. The van der Waals surface area contributed by atoms with Crippen LogP contribution in [-0.4, -0.2) is 48.8 Å². The summed E-state index contributed by atoms with van der Waals surface area (Å²) < 4.78 is 30.4. The molecule has 1 aromatic rings. The molecule has 0 radical (unpaired) electrons. The lowest BCUT2D eigenvalue weighted by Gasteiger charge is -2.34. The van der Waals surface area contributed by atoms with E-state index >= 15 is 0 Å². The number of hydrogen-bond acceptors (Lipinski definition) is 6. The van der Waals surface area contributed by atoms with Gasteiger partial charge in [-0.05, 0) is 19.4 Å². The maximum absolute atomic E-state index is 11.2. The molecule has 1 aliphatic rings. The highest BCUT2D eigenvalue weighted by molar-refractivity contribution is 7.88. The minimum atomic E-state index is -3.15. The minimum Gasteiger partial charge on any atom is -0.338 e. The maximum atomic E-state index is 11.2. The van der Waals surface area contributed by atoms with Crippen molar-refractivity contribution in [3.8, 4) is 0 Å². The molecule has 1 fully saturated rings. The molecule has 1 aromatic heterocycles. The van der Waals surface area contributed by atoms with Gasteiger partial charge in [0.1, 0.15) is 0 Å². The molecule has 7 nitrogen and oxygen atoms in total. The topological polar surface area (TPSA) is 88.3 Å². The van der Waals surface area contributed by atoms with Gasteiger partial charge in [-0.3, -0.25) is 4.90 Å². The lowest BCUT2D eigenvalue weighted by molar-refractivity contribution is 0.125. The van der Waals surface area contributed by atoms with Crippen LogP contribution in [0, 0.1) is 0 Å². The van der Waals surface area contributed by atoms with Crippen molar-refractivity contribution in [2.45, 2.75) is 51.6 Å². The number of piperidine rings is 1. The van der Waals surface area contributed by atoms with Gasteiger partial charge in [-0.15, -0.1) is 0 Å². The molecule has 0 aliphatic carbocycles. The molecule has 0 aromatic carbocycles. The summed E-state index contributed by atoms with van der Waals surface area (Å²) in [6.07, 6.45) is 4.40. The Morgan fingerprint density at radius 2 is 2.19 bits per heavy atom. The molecule has 1 saturated heterocycles. The smallest absolute Gasteiger partial charge is 0.240 e. The lowest BCUT2D eigenvalue weighted by atomic mass is 10.0. The van der Waals surface area contributed by atoms with Crippen molar-refractivity contribution in [3.63, 3.8) is 0 Å². The van der Waals surface area contributed by atoms with Crippen molar-refractivity contribution in [3.05, 3.63) is 11.7 Å². The molecule has 0 bridgehead atoms. The summed E-state index contributed by atoms with van der Waals surface area (Å²) in [6.45, 7) is 5.98. The largest absolute Gasteiger partial charge is 0.338 e. The van der Waals surface area contributed by atoms with Gasteiger partial charge in [0, 0.05) is 18.5 Å². The molecule has 0 saturated carbocycles. The fraction of sp³-hybridized carbons (Fsp3) is 0.846. The van der Waals surface area contributed by atoms with Crippen LogP contribution in [0.1, 0.15) is 50.7 Å². The number of aromatic nitrogens is 2. The zero-order valence-electron chi connectivity index (χ0n) is 12.9. The number of nitrogens with one attached hydrogen (secondary N) is 1. The average Bonchev–Trinajstić information content (AvgIpc) is 2.85. The van der Waals surface area contributed by atoms with Crippen LogP contribution in [0.2, 0.25) is 0 Å². The summed E-state index contributed by atoms with van der Waals surface area (Å²) >= 11 is 0. The Balaban J connectivity index is 1.97. The zero-order valence-corrected chi connectivity index (χ0v) is 13.7. The number of sulfonamides is 1. The zero-order chi connectivity index (χ0) is 15.5. The second-order valence-corrected chi connectivity index (χ2v) is 7.77. The van der Waals surface area contributed by atoms with E-state index in [0.717, 1.165) is 25.8 Å². The summed E-state index contributed by atoms with van der Waals surface area (Å²) in [5.74, 6) is 1.56. The normalized spacial score (nSPS) is 21.0. The van der Waals surface area contributed by atoms with E-state index in [1.165, 1.54) is 6.26 Å². The SMILES string of the molecule is CC(C)c1noc(CN2CCCCC2CNS(C)(=O)=O)n1. The first-order valence-electron chi connectivity index (χ1n) is 7.36. The Kier molecular flexibility index (Phi) is 5.34. The first-order valence-corrected chi connectivity index (χ1v) is 9.25. The Morgan fingerprint density at radius 1 is 1.43 bits per heavy atom. The molecule has 1 aliphatic heterocycles. The van der Waals surface area contributed by atoms with E-state index in [1.54, 1.807) is 0 Å². The molecule has 0 amide bonds. The second-order valence-electron chi connectivity index (χ2n) is 5.94. The van der Waals surface area contributed by atoms with Crippen LogP contribution in [0.3, 0.4) is 0 Å². The van der Waals surface area contributed by atoms with E-state index in [1.807, 2.05) is 13.8 Å². The van der Waals surface area contributed by atoms with Gasteiger partial charge < -0.3 is 4.52 Å².